The summed E-state index contributed by atoms with van der Waals surface area (Å²) in [7, 11) is 0. The van der Waals surface area contributed by atoms with Crippen molar-refractivity contribution in [1.29, 1.82) is 0 Å². The van der Waals surface area contributed by atoms with Gasteiger partial charge in [-0.3, -0.25) is 4.79 Å². The summed E-state index contributed by atoms with van der Waals surface area (Å²) in [5.74, 6) is 0.348. The third-order valence-electron chi connectivity index (χ3n) is 4.80. The minimum absolute atomic E-state index is 0. The maximum atomic E-state index is 12.7. The zero-order valence-corrected chi connectivity index (χ0v) is 16.6. The van der Waals surface area contributed by atoms with E-state index in [1.54, 1.807) is 6.20 Å². The number of nitrogens with zero attached hydrogens (tertiary/aromatic N) is 2. The van der Waals surface area contributed by atoms with Crippen molar-refractivity contribution in [1.82, 2.24) is 15.1 Å². The highest BCUT2D eigenvalue weighted by Crippen LogP contribution is 2.25. The third-order valence-corrected chi connectivity index (χ3v) is 5.33. The van der Waals surface area contributed by atoms with Crippen LogP contribution in [-0.2, 0) is 6.42 Å². The Bertz CT molecular complexity index is 716. The van der Waals surface area contributed by atoms with Crippen LogP contribution in [0.25, 0.3) is 5.69 Å². The number of rotatable bonds is 5. The van der Waals surface area contributed by atoms with E-state index in [2.05, 4.69) is 26.3 Å². The maximum absolute atomic E-state index is 12.7. The Morgan fingerprint density at radius 2 is 2.08 bits per heavy atom. The second-order valence-corrected chi connectivity index (χ2v) is 7.17. The zero-order chi connectivity index (χ0) is 17.1. The summed E-state index contributed by atoms with van der Waals surface area (Å²) in [6.45, 7) is 2.67. The van der Waals surface area contributed by atoms with Gasteiger partial charge in [0.15, 0.2) is 0 Å². The van der Waals surface area contributed by atoms with Crippen molar-refractivity contribution >= 4 is 34.2 Å². The summed E-state index contributed by atoms with van der Waals surface area (Å²) in [4.78, 5) is 12.7. The number of hydrogen-bond donors (Lipinski definition) is 2. The van der Waals surface area contributed by atoms with Gasteiger partial charge in [-0.05, 0) is 56.0 Å². The van der Waals surface area contributed by atoms with E-state index in [9.17, 15) is 4.79 Å². The number of nitrogens with two attached hydrogens (primary N) is 1. The van der Waals surface area contributed by atoms with Gasteiger partial charge < -0.3 is 11.1 Å². The van der Waals surface area contributed by atoms with Crippen molar-refractivity contribution < 1.29 is 4.79 Å². The molecule has 7 heteroatoms. The van der Waals surface area contributed by atoms with E-state index >= 15 is 0 Å². The van der Waals surface area contributed by atoms with E-state index in [1.807, 2.05) is 35.9 Å². The van der Waals surface area contributed by atoms with E-state index in [0.29, 0.717) is 18.0 Å². The molecule has 2 unspecified atom stereocenters. The van der Waals surface area contributed by atoms with Gasteiger partial charge >= 0.3 is 0 Å². The van der Waals surface area contributed by atoms with Crippen LogP contribution >= 0.6 is 28.3 Å². The summed E-state index contributed by atoms with van der Waals surface area (Å²) in [6, 6.07) is 8.10. The molecule has 1 heterocycles. The van der Waals surface area contributed by atoms with Crippen molar-refractivity contribution in [2.45, 2.75) is 38.6 Å². The summed E-state index contributed by atoms with van der Waals surface area (Å²) < 4.78 is 2.86. The number of amides is 1. The van der Waals surface area contributed by atoms with Gasteiger partial charge in [0.2, 0.25) is 0 Å². The fraction of sp³-hybridized carbons (Fsp3) is 0.444. The first-order valence-corrected chi connectivity index (χ1v) is 9.27. The predicted octanol–water partition coefficient (Wildman–Crippen LogP) is 3.48. The number of aromatic nitrogens is 2. The second kappa shape index (κ2) is 8.83. The van der Waals surface area contributed by atoms with E-state index in [-0.39, 0.29) is 24.4 Å². The molecule has 1 aliphatic rings. The fourth-order valence-electron chi connectivity index (χ4n) is 3.46. The molecule has 3 N–H and O–H groups in total. The van der Waals surface area contributed by atoms with Gasteiger partial charge in [0, 0.05) is 10.5 Å². The summed E-state index contributed by atoms with van der Waals surface area (Å²) in [5, 5.41) is 7.60. The first kappa shape index (κ1) is 19.9. The average molecular weight is 428 g/mol. The number of carbonyl (C=O) groups excluding carboxylic acids is 1. The highest BCUT2D eigenvalue weighted by atomic mass is 79.9. The molecule has 25 heavy (non-hydrogen) atoms. The predicted molar refractivity (Wildman–Crippen MR) is 106 cm³/mol. The van der Waals surface area contributed by atoms with Gasteiger partial charge in [-0.25, -0.2) is 4.68 Å². The lowest BCUT2D eigenvalue weighted by molar-refractivity contribution is 0.0928. The van der Waals surface area contributed by atoms with E-state index < -0.39 is 0 Å². The molecule has 3 rings (SSSR count). The lowest BCUT2D eigenvalue weighted by Gasteiger charge is -2.19. The van der Waals surface area contributed by atoms with Crippen molar-refractivity contribution in [3.05, 3.63) is 46.2 Å². The van der Waals surface area contributed by atoms with Gasteiger partial charge in [-0.2, -0.15) is 5.10 Å². The largest absolute Gasteiger partial charge is 0.349 e. The first-order valence-electron chi connectivity index (χ1n) is 8.47. The van der Waals surface area contributed by atoms with Crippen molar-refractivity contribution in [2.75, 3.05) is 6.54 Å². The quantitative estimate of drug-likeness (QED) is 0.767. The number of benzene rings is 1. The monoisotopic (exact) mass is 426 g/mol. The summed E-state index contributed by atoms with van der Waals surface area (Å²) in [6.07, 6.45) is 5.65. The standard InChI is InChI=1S/C18H23BrN4O.ClH/c1-2-17-15(18(24)22-16-5-3-4-12(16)10-20)11-21-23(17)14-8-6-13(19)7-9-14;/h6-9,11-12,16H,2-5,10,20H2,1H3,(H,22,24);1H. The molecule has 1 aromatic heterocycles. The van der Waals surface area contributed by atoms with Crippen molar-refractivity contribution in [2.24, 2.45) is 11.7 Å². The van der Waals surface area contributed by atoms with Crippen LogP contribution in [0, 0.1) is 5.92 Å². The third kappa shape index (κ3) is 4.25. The van der Waals surface area contributed by atoms with E-state index in [1.165, 1.54) is 0 Å². The highest BCUT2D eigenvalue weighted by Gasteiger charge is 2.28. The van der Waals surface area contributed by atoms with Gasteiger partial charge in [-0.1, -0.05) is 29.3 Å². The molecule has 5 nitrogen and oxygen atoms in total. The molecule has 0 radical (unpaired) electrons. The van der Waals surface area contributed by atoms with Crippen LogP contribution in [-0.4, -0.2) is 28.3 Å². The zero-order valence-electron chi connectivity index (χ0n) is 14.2. The van der Waals surface area contributed by atoms with Crippen LogP contribution in [0.4, 0.5) is 0 Å². The molecular formula is C18H24BrClN4O. The average Bonchev–Trinajstić information content (AvgIpc) is 3.21. The van der Waals surface area contributed by atoms with Crippen molar-refractivity contribution in [3.8, 4) is 5.69 Å². The number of halogens is 2. The highest BCUT2D eigenvalue weighted by molar-refractivity contribution is 9.10. The Morgan fingerprint density at radius 1 is 1.36 bits per heavy atom. The van der Waals surface area contributed by atoms with Crippen LogP contribution in [0.2, 0.25) is 0 Å². The first-order chi connectivity index (χ1) is 11.6. The molecule has 1 aliphatic carbocycles. The molecule has 0 bridgehead atoms. The molecule has 2 atom stereocenters. The number of nitrogens with one attached hydrogen (secondary N) is 1. The Balaban J connectivity index is 0.00000225. The molecule has 0 aliphatic heterocycles. The Hall–Kier alpha value is -1.37. The molecule has 1 aromatic carbocycles. The topological polar surface area (TPSA) is 72.9 Å². The van der Waals surface area contributed by atoms with Gasteiger partial charge in [-0.15, -0.1) is 12.4 Å². The minimum atomic E-state index is -0.0411. The Kier molecular flexibility index (Phi) is 7.04. The van der Waals surface area contributed by atoms with Gasteiger partial charge in [0.05, 0.1) is 23.1 Å². The SMILES string of the molecule is CCc1c(C(=O)NC2CCCC2CN)cnn1-c1ccc(Br)cc1.Cl. The summed E-state index contributed by atoms with van der Waals surface area (Å²) >= 11 is 3.44. The van der Waals surface area contributed by atoms with Crippen LogP contribution in [0.15, 0.2) is 34.9 Å². The molecular weight excluding hydrogens is 404 g/mol. The van der Waals surface area contributed by atoms with Crippen LogP contribution in [0.5, 0.6) is 0 Å². The molecule has 1 fully saturated rings. The van der Waals surface area contributed by atoms with Crippen LogP contribution in [0.3, 0.4) is 0 Å². The number of hydrogen-bond acceptors (Lipinski definition) is 3. The van der Waals surface area contributed by atoms with Gasteiger partial charge in [0.1, 0.15) is 0 Å². The Morgan fingerprint density at radius 3 is 2.72 bits per heavy atom. The van der Waals surface area contributed by atoms with E-state index in [0.717, 1.165) is 41.5 Å². The van der Waals surface area contributed by atoms with Crippen LogP contribution < -0.4 is 11.1 Å². The number of carbonyl (C=O) groups is 1. The Labute approximate surface area is 162 Å². The lowest BCUT2D eigenvalue weighted by atomic mass is 10.0. The maximum Gasteiger partial charge on any atom is 0.255 e. The fourth-order valence-corrected chi connectivity index (χ4v) is 3.73. The lowest BCUT2D eigenvalue weighted by Crippen LogP contribution is -2.40. The second-order valence-electron chi connectivity index (χ2n) is 6.25. The molecule has 2 aromatic rings. The molecule has 0 saturated heterocycles. The molecule has 1 amide bonds. The normalized spacial score (nSPS) is 19.5. The van der Waals surface area contributed by atoms with Crippen LogP contribution in [0.1, 0.15) is 42.2 Å². The summed E-state index contributed by atoms with van der Waals surface area (Å²) in [5.41, 5.74) is 8.35. The molecule has 136 valence electrons. The molecule has 1 saturated carbocycles. The smallest absolute Gasteiger partial charge is 0.255 e. The van der Waals surface area contributed by atoms with Gasteiger partial charge in [0.25, 0.3) is 5.91 Å². The minimum Gasteiger partial charge on any atom is -0.349 e. The molecule has 0 spiro atoms. The van der Waals surface area contributed by atoms with Crippen molar-refractivity contribution in [3.63, 3.8) is 0 Å². The van der Waals surface area contributed by atoms with E-state index in [4.69, 9.17) is 5.73 Å².